The van der Waals surface area contributed by atoms with Crippen molar-refractivity contribution >= 4 is 0 Å². The van der Waals surface area contributed by atoms with Crippen molar-refractivity contribution in [3.8, 4) is 0 Å². The zero-order chi connectivity index (χ0) is 11.5. The fraction of sp³-hybridized carbons (Fsp3) is 0.176. The molecule has 0 heterocycles. The molecule has 0 aromatic heterocycles. The van der Waals surface area contributed by atoms with Gasteiger partial charge in [-0.2, -0.15) is 0 Å². The quantitative estimate of drug-likeness (QED) is 0.678. The smallest absolute Gasteiger partial charge is 0.00610 e. The van der Waals surface area contributed by atoms with E-state index in [1.807, 2.05) is 0 Å². The number of allylic oxidation sites excluding steroid dienone is 2. The van der Waals surface area contributed by atoms with Crippen LogP contribution in [0.5, 0.6) is 0 Å². The Morgan fingerprint density at radius 2 is 1.00 bits per heavy atom. The van der Waals surface area contributed by atoms with Gasteiger partial charge < -0.3 is 0 Å². The summed E-state index contributed by atoms with van der Waals surface area (Å²) in [6, 6.07) is 21.5. The van der Waals surface area contributed by atoms with E-state index in [0.29, 0.717) is 0 Å². The molecule has 0 aliphatic heterocycles. The highest BCUT2D eigenvalue weighted by Gasteiger charge is 2.20. The van der Waals surface area contributed by atoms with E-state index in [-0.39, 0.29) is 0 Å². The van der Waals surface area contributed by atoms with Crippen LogP contribution in [0.3, 0.4) is 0 Å². The fourth-order valence-electron chi connectivity index (χ4n) is 2.27. The first kappa shape index (κ1) is 10.3. The van der Waals surface area contributed by atoms with Gasteiger partial charge in [0.25, 0.3) is 0 Å². The molecule has 0 saturated carbocycles. The molecule has 17 heavy (non-hydrogen) atoms. The number of rotatable bonds is 4. The molecule has 0 amide bonds. The summed E-state index contributed by atoms with van der Waals surface area (Å²) in [6.45, 7) is 0. The molecule has 1 aliphatic rings. The summed E-state index contributed by atoms with van der Waals surface area (Å²) in [7, 11) is 0. The van der Waals surface area contributed by atoms with Gasteiger partial charge in [-0.3, -0.25) is 0 Å². The summed E-state index contributed by atoms with van der Waals surface area (Å²) in [5.41, 5.74) is 6.15. The van der Waals surface area contributed by atoms with E-state index in [2.05, 4.69) is 60.7 Å². The number of benzene rings is 2. The monoisotopic (exact) mass is 220 g/mol. The van der Waals surface area contributed by atoms with Crippen molar-refractivity contribution < 1.29 is 0 Å². The van der Waals surface area contributed by atoms with Gasteiger partial charge in [-0.05, 0) is 30.4 Å². The van der Waals surface area contributed by atoms with E-state index in [1.54, 1.807) is 11.1 Å². The molecule has 0 radical (unpaired) electrons. The van der Waals surface area contributed by atoms with Crippen LogP contribution in [0.1, 0.15) is 17.5 Å². The lowest BCUT2D eigenvalue weighted by Crippen LogP contribution is -1.81. The summed E-state index contributed by atoms with van der Waals surface area (Å²) in [6.07, 6.45) is 3.52. The normalized spacial score (nSPS) is 13.9. The van der Waals surface area contributed by atoms with E-state index in [0.717, 1.165) is 12.8 Å². The van der Waals surface area contributed by atoms with Gasteiger partial charge in [0, 0.05) is 0 Å². The first-order valence-corrected chi connectivity index (χ1v) is 6.19. The molecule has 0 bridgehead atoms. The van der Waals surface area contributed by atoms with Crippen molar-refractivity contribution in [2.75, 3.05) is 0 Å². The second-order valence-corrected chi connectivity index (χ2v) is 4.71. The Hall–Kier alpha value is -1.82. The van der Waals surface area contributed by atoms with Crippen LogP contribution in [-0.4, -0.2) is 0 Å². The van der Waals surface area contributed by atoms with Crippen molar-refractivity contribution in [3.63, 3.8) is 0 Å². The van der Waals surface area contributed by atoms with Gasteiger partial charge in [0.15, 0.2) is 0 Å². The Morgan fingerprint density at radius 1 is 0.588 bits per heavy atom. The highest BCUT2D eigenvalue weighted by molar-refractivity contribution is 5.42. The van der Waals surface area contributed by atoms with Gasteiger partial charge in [-0.15, -0.1) is 0 Å². The Labute approximate surface area is 103 Å². The lowest BCUT2D eigenvalue weighted by molar-refractivity contribution is 1.19. The number of hydrogen-bond donors (Lipinski definition) is 0. The van der Waals surface area contributed by atoms with E-state index < -0.39 is 0 Å². The van der Waals surface area contributed by atoms with E-state index >= 15 is 0 Å². The van der Waals surface area contributed by atoms with Crippen molar-refractivity contribution in [3.05, 3.63) is 82.9 Å². The van der Waals surface area contributed by atoms with Crippen LogP contribution in [0.2, 0.25) is 0 Å². The predicted octanol–water partition coefficient (Wildman–Crippen LogP) is 4.17. The average molecular weight is 220 g/mol. The molecule has 0 heteroatoms. The van der Waals surface area contributed by atoms with E-state index in [9.17, 15) is 0 Å². The third-order valence-electron chi connectivity index (χ3n) is 3.32. The summed E-state index contributed by atoms with van der Waals surface area (Å²) in [5.74, 6) is 0. The van der Waals surface area contributed by atoms with Gasteiger partial charge in [-0.25, -0.2) is 0 Å². The Kier molecular flexibility index (Phi) is 2.79. The molecule has 0 nitrogen and oxygen atoms in total. The first-order chi connectivity index (χ1) is 8.42. The molecular formula is C17H16. The lowest BCUT2D eigenvalue weighted by atomic mass is 10.1. The maximum atomic E-state index is 2.21. The SMILES string of the molecule is c1ccc(CC2=C(Cc3ccccc3)C2)cc1. The molecule has 0 saturated heterocycles. The minimum Gasteiger partial charge on any atom is -0.0622 e. The van der Waals surface area contributed by atoms with Gasteiger partial charge in [-0.1, -0.05) is 71.8 Å². The Morgan fingerprint density at radius 3 is 1.41 bits per heavy atom. The van der Waals surface area contributed by atoms with Crippen molar-refractivity contribution in [2.45, 2.75) is 19.3 Å². The van der Waals surface area contributed by atoms with Gasteiger partial charge in [0.2, 0.25) is 0 Å². The minimum absolute atomic E-state index is 1.14. The minimum atomic E-state index is 1.14. The van der Waals surface area contributed by atoms with Crippen LogP contribution < -0.4 is 0 Å². The molecule has 84 valence electrons. The largest absolute Gasteiger partial charge is 0.0622 e. The van der Waals surface area contributed by atoms with Gasteiger partial charge in [0.1, 0.15) is 0 Å². The second-order valence-electron chi connectivity index (χ2n) is 4.71. The summed E-state index contributed by atoms with van der Waals surface area (Å²) >= 11 is 0. The Balaban J connectivity index is 1.65. The zero-order valence-electron chi connectivity index (χ0n) is 9.89. The van der Waals surface area contributed by atoms with Crippen LogP contribution in [-0.2, 0) is 12.8 Å². The topological polar surface area (TPSA) is 0 Å². The van der Waals surface area contributed by atoms with E-state index in [1.165, 1.54) is 17.5 Å². The van der Waals surface area contributed by atoms with Crippen LogP contribution in [0.15, 0.2) is 71.8 Å². The second kappa shape index (κ2) is 4.58. The molecule has 0 spiro atoms. The summed E-state index contributed by atoms with van der Waals surface area (Å²) in [4.78, 5) is 0. The maximum Gasteiger partial charge on any atom is -0.00610 e. The molecule has 2 aromatic rings. The van der Waals surface area contributed by atoms with Crippen LogP contribution >= 0.6 is 0 Å². The molecule has 3 rings (SSSR count). The summed E-state index contributed by atoms with van der Waals surface area (Å²) < 4.78 is 0. The fourth-order valence-corrected chi connectivity index (χ4v) is 2.27. The van der Waals surface area contributed by atoms with Crippen LogP contribution in [0.4, 0.5) is 0 Å². The number of hydrogen-bond acceptors (Lipinski definition) is 0. The molecule has 0 N–H and O–H groups in total. The maximum absolute atomic E-state index is 2.21. The van der Waals surface area contributed by atoms with Gasteiger partial charge in [0.05, 0.1) is 0 Å². The Bertz CT molecular complexity index is 471. The lowest BCUT2D eigenvalue weighted by Gasteiger charge is -1.95. The third kappa shape index (κ3) is 2.65. The van der Waals surface area contributed by atoms with E-state index in [4.69, 9.17) is 0 Å². The molecule has 0 atom stereocenters. The van der Waals surface area contributed by atoms with Crippen molar-refractivity contribution in [2.24, 2.45) is 0 Å². The molecular weight excluding hydrogens is 204 g/mol. The van der Waals surface area contributed by atoms with Crippen molar-refractivity contribution in [1.82, 2.24) is 0 Å². The highest BCUT2D eigenvalue weighted by atomic mass is 14.3. The van der Waals surface area contributed by atoms with Crippen LogP contribution in [0, 0.1) is 0 Å². The van der Waals surface area contributed by atoms with Gasteiger partial charge >= 0.3 is 0 Å². The first-order valence-electron chi connectivity index (χ1n) is 6.19. The molecule has 1 aliphatic carbocycles. The molecule has 0 unspecified atom stereocenters. The standard InChI is InChI=1S/C17H16/c1-3-7-14(8-4-1)11-16-13-17(16)12-15-9-5-2-6-10-15/h1-10H,11-13H2. The molecule has 0 fully saturated rings. The highest BCUT2D eigenvalue weighted by Crippen LogP contribution is 2.36. The average Bonchev–Trinajstić information content (AvgIpc) is 3.10. The summed E-state index contributed by atoms with van der Waals surface area (Å²) in [5, 5.41) is 0. The van der Waals surface area contributed by atoms with Crippen LogP contribution in [0.25, 0.3) is 0 Å². The third-order valence-corrected chi connectivity index (χ3v) is 3.32. The van der Waals surface area contributed by atoms with Crippen molar-refractivity contribution in [1.29, 1.82) is 0 Å². The predicted molar refractivity (Wildman–Crippen MR) is 71.9 cm³/mol. The molecule has 2 aromatic carbocycles. The zero-order valence-corrected chi connectivity index (χ0v) is 9.89.